The number of rotatable bonds is 4. The minimum atomic E-state index is -0.302. The summed E-state index contributed by atoms with van der Waals surface area (Å²) in [4.78, 5) is 28.1. The highest BCUT2D eigenvalue weighted by atomic mass is 16.2. The van der Waals surface area contributed by atoms with Crippen LogP contribution in [-0.4, -0.2) is 28.3 Å². The summed E-state index contributed by atoms with van der Waals surface area (Å²) in [7, 11) is 0. The average molecular weight is 369 g/mol. The van der Waals surface area contributed by atoms with Crippen molar-refractivity contribution in [3.63, 3.8) is 0 Å². The van der Waals surface area contributed by atoms with Crippen LogP contribution < -0.4 is 5.32 Å². The lowest BCUT2D eigenvalue weighted by Crippen LogP contribution is -2.53. The molecular weight excluding hydrogens is 336 g/mol. The molecule has 27 heavy (non-hydrogen) atoms. The second kappa shape index (κ2) is 8.04. The molecular formula is C23H32N2O2. The number of hydrogen-bond donors (Lipinski definition) is 1. The predicted molar refractivity (Wildman–Crippen MR) is 106 cm³/mol. The Morgan fingerprint density at radius 3 is 2.37 bits per heavy atom. The molecule has 1 aliphatic heterocycles. The Bertz CT molecular complexity index is 685. The second-order valence-corrected chi connectivity index (χ2v) is 8.77. The van der Waals surface area contributed by atoms with Crippen LogP contribution in [0.4, 0.5) is 0 Å². The van der Waals surface area contributed by atoms with Gasteiger partial charge in [-0.2, -0.15) is 0 Å². The van der Waals surface area contributed by atoms with E-state index in [2.05, 4.69) is 11.4 Å². The van der Waals surface area contributed by atoms with Gasteiger partial charge in [0.2, 0.25) is 5.91 Å². The van der Waals surface area contributed by atoms with Crippen LogP contribution in [-0.2, 0) is 11.3 Å². The Hall–Kier alpha value is -1.84. The van der Waals surface area contributed by atoms with Gasteiger partial charge >= 0.3 is 0 Å². The Morgan fingerprint density at radius 2 is 1.67 bits per heavy atom. The third-order valence-corrected chi connectivity index (χ3v) is 6.89. The van der Waals surface area contributed by atoms with E-state index in [0.29, 0.717) is 19.0 Å². The molecule has 0 aromatic heterocycles. The van der Waals surface area contributed by atoms with Gasteiger partial charge in [-0.1, -0.05) is 63.1 Å². The smallest absolute Gasteiger partial charge is 0.254 e. The molecule has 1 aromatic rings. The van der Waals surface area contributed by atoms with E-state index in [9.17, 15) is 9.59 Å². The van der Waals surface area contributed by atoms with Gasteiger partial charge in [0.05, 0.1) is 5.54 Å². The van der Waals surface area contributed by atoms with Crippen molar-refractivity contribution >= 4 is 11.8 Å². The van der Waals surface area contributed by atoms with Crippen molar-refractivity contribution in [2.45, 2.75) is 95.2 Å². The lowest BCUT2D eigenvalue weighted by atomic mass is 9.77. The minimum Gasteiger partial charge on any atom is -0.353 e. The van der Waals surface area contributed by atoms with Gasteiger partial charge in [0, 0.05) is 24.6 Å². The molecule has 146 valence electrons. The maximum atomic E-state index is 13.1. The molecule has 4 nitrogen and oxygen atoms in total. The van der Waals surface area contributed by atoms with E-state index in [4.69, 9.17) is 0 Å². The molecule has 1 N–H and O–H groups in total. The normalized spacial score (nSPS) is 23.0. The van der Waals surface area contributed by atoms with Gasteiger partial charge in [0.1, 0.15) is 0 Å². The number of carbonyl (C=O) groups excluding carboxylic acids is 2. The Kier molecular flexibility index (Phi) is 5.51. The first-order valence-electron chi connectivity index (χ1n) is 10.9. The van der Waals surface area contributed by atoms with Gasteiger partial charge < -0.3 is 10.2 Å². The second-order valence-electron chi connectivity index (χ2n) is 8.77. The van der Waals surface area contributed by atoms with Crippen LogP contribution in [0.25, 0.3) is 0 Å². The standard InChI is InChI=1S/C23H32N2O2/c26-21(24-19-11-4-1-2-5-12-19)16-23(14-8-3-9-15-23)25-17-18-10-6-7-13-20(18)22(25)27/h6-7,10,13,19H,1-5,8-9,11-12,14-17H2,(H,24,26). The highest BCUT2D eigenvalue weighted by Crippen LogP contribution is 2.41. The van der Waals surface area contributed by atoms with E-state index < -0.39 is 0 Å². The molecule has 4 heteroatoms. The van der Waals surface area contributed by atoms with Gasteiger partial charge in [-0.25, -0.2) is 0 Å². The first kappa shape index (κ1) is 18.5. The van der Waals surface area contributed by atoms with Crippen LogP contribution in [0.5, 0.6) is 0 Å². The van der Waals surface area contributed by atoms with Crippen molar-refractivity contribution < 1.29 is 9.59 Å². The van der Waals surface area contributed by atoms with E-state index in [0.717, 1.165) is 49.7 Å². The molecule has 0 unspecified atom stereocenters. The van der Waals surface area contributed by atoms with E-state index >= 15 is 0 Å². The van der Waals surface area contributed by atoms with E-state index in [1.54, 1.807) is 0 Å². The molecule has 1 aromatic carbocycles. The van der Waals surface area contributed by atoms with Crippen molar-refractivity contribution in [1.29, 1.82) is 0 Å². The molecule has 3 aliphatic rings. The maximum Gasteiger partial charge on any atom is 0.254 e. The molecule has 0 radical (unpaired) electrons. The Labute approximate surface area is 162 Å². The summed E-state index contributed by atoms with van der Waals surface area (Å²) in [5.41, 5.74) is 1.63. The molecule has 2 aliphatic carbocycles. The fourth-order valence-electron chi connectivity index (χ4n) is 5.39. The Balaban J connectivity index is 1.49. The number of benzene rings is 1. The predicted octanol–water partition coefficient (Wildman–Crippen LogP) is 4.57. The van der Waals surface area contributed by atoms with Crippen LogP contribution in [0, 0.1) is 0 Å². The molecule has 2 saturated carbocycles. The molecule has 0 saturated heterocycles. The summed E-state index contributed by atoms with van der Waals surface area (Å²) in [5, 5.41) is 3.31. The summed E-state index contributed by atoms with van der Waals surface area (Å²) in [6.45, 7) is 0.658. The minimum absolute atomic E-state index is 0.120. The number of amides is 2. The zero-order chi connectivity index (χ0) is 18.7. The summed E-state index contributed by atoms with van der Waals surface area (Å²) in [6.07, 6.45) is 13.0. The zero-order valence-electron chi connectivity index (χ0n) is 16.3. The third-order valence-electron chi connectivity index (χ3n) is 6.89. The maximum absolute atomic E-state index is 13.1. The SMILES string of the molecule is O=C(CC1(N2Cc3ccccc3C2=O)CCCCC1)NC1CCCCCC1. The van der Waals surface area contributed by atoms with Gasteiger partial charge in [-0.05, 0) is 37.3 Å². The lowest BCUT2D eigenvalue weighted by Gasteiger charge is -2.44. The van der Waals surface area contributed by atoms with Crippen LogP contribution in [0.3, 0.4) is 0 Å². The quantitative estimate of drug-likeness (QED) is 0.791. The molecule has 0 atom stereocenters. The van der Waals surface area contributed by atoms with Crippen molar-refractivity contribution in [3.05, 3.63) is 35.4 Å². The van der Waals surface area contributed by atoms with Crippen molar-refractivity contribution in [2.75, 3.05) is 0 Å². The highest BCUT2D eigenvalue weighted by Gasteiger charge is 2.45. The fraction of sp³-hybridized carbons (Fsp3) is 0.652. The van der Waals surface area contributed by atoms with Crippen LogP contribution in [0.1, 0.15) is 93.0 Å². The first-order valence-corrected chi connectivity index (χ1v) is 10.9. The molecule has 2 amide bonds. The zero-order valence-corrected chi connectivity index (χ0v) is 16.3. The number of carbonyl (C=O) groups is 2. The van der Waals surface area contributed by atoms with E-state index in [-0.39, 0.29) is 17.4 Å². The summed E-state index contributed by atoms with van der Waals surface area (Å²) >= 11 is 0. The number of nitrogens with zero attached hydrogens (tertiary/aromatic N) is 1. The summed E-state index contributed by atoms with van der Waals surface area (Å²) in [6, 6.07) is 8.25. The monoisotopic (exact) mass is 368 g/mol. The highest BCUT2D eigenvalue weighted by molar-refractivity contribution is 5.99. The van der Waals surface area contributed by atoms with Gasteiger partial charge in [-0.3, -0.25) is 9.59 Å². The average Bonchev–Trinajstić information content (AvgIpc) is 2.84. The van der Waals surface area contributed by atoms with Crippen molar-refractivity contribution in [1.82, 2.24) is 10.2 Å². The third kappa shape index (κ3) is 3.90. The van der Waals surface area contributed by atoms with Gasteiger partial charge in [-0.15, -0.1) is 0 Å². The first-order chi connectivity index (χ1) is 13.2. The molecule has 1 heterocycles. The van der Waals surface area contributed by atoms with E-state index in [1.807, 2.05) is 23.1 Å². The lowest BCUT2D eigenvalue weighted by molar-refractivity contribution is -0.125. The molecule has 0 spiro atoms. The van der Waals surface area contributed by atoms with Crippen LogP contribution in [0.2, 0.25) is 0 Å². The van der Waals surface area contributed by atoms with Crippen molar-refractivity contribution in [2.24, 2.45) is 0 Å². The largest absolute Gasteiger partial charge is 0.353 e. The van der Waals surface area contributed by atoms with E-state index in [1.165, 1.54) is 32.1 Å². The fourth-order valence-corrected chi connectivity index (χ4v) is 5.39. The van der Waals surface area contributed by atoms with Gasteiger partial charge in [0.15, 0.2) is 0 Å². The molecule has 0 bridgehead atoms. The van der Waals surface area contributed by atoms with Crippen LogP contribution in [0.15, 0.2) is 24.3 Å². The number of nitrogens with one attached hydrogen (secondary N) is 1. The number of fused-ring (bicyclic) bond motifs is 1. The van der Waals surface area contributed by atoms with Gasteiger partial charge in [0.25, 0.3) is 5.91 Å². The Morgan fingerprint density at radius 1 is 1.00 bits per heavy atom. The summed E-state index contributed by atoms with van der Waals surface area (Å²) < 4.78 is 0. The topological polar surface area (TPSA) is 49.4 Å². The summed E-state index contributed by atoms with van der Waals surface area (Å²) in [5.74, 6) is 0.266. The molecule has 2 fully saturated rings. The molecule has 4 rings (SSSR count). The van der Waals surface area contributed by atoms with Crippen molar-refractivity contribution in [3.8, 4) is 0 Å². The number of hydrogen-bond acceptors (Lipinski definition) is 2. The van der Waals surface area contributed by atoms with Crippen LogP contribution >= 0.6 is 0 Å².